The molecule has 0 unspecified atom stereocenters. The standard InChI is InChI=1S/C12H16BrFN2O/c13-8-5-10(15)11(6-9(8)14)16-12(7-17)3-1-2-4-12/h5-6,16-17H,1-4,7,15H2. The van der Waals surface area contributed by atoms with Crippen molar-refractivity contribution < 1.29 is 9.50 Å². The van der Waals surface area contributed by atoms with Crippen LogP contribution in [0, 0.1) is 5.82 Å². The van der Waals surface area contributed by atoms with Gasteiger partial charge in [0.25, 0.3) is 0 Å². The van der Waals surface area contributed by atoms with Crippen molar-refractivity contribution in [2.75, 3.05) is 17.7 Å². The van der Waals surface area contributed by atoms with E-state index in [1.54, 1.807) is 0 Å². The third-order valence-electron chi connectivity index (χ3n) is 3.36. The lowest BCUT2D eigenvalue weighted by molar-refractivity contribution is 0.214. The second-order valence-corrected chi connectivity index (χ2v) is 5.48. The Morgan fingerprint density at radius 2 is 2.06 bits per heavy atom. The number of rotatable bonds is 3. The molecule has 0 amide bonds. The average Bonchev–Trinajstić information content (AvgIpc) is 2.75. The van der Waals surface area contributed by atoms with E-state index in [1.807, 2.05) is 0 Å². The van der Waals surface area contributed by atoms with Gasteiger partial charge < -0.3 is 16.2 Å². The third-order valence-corrected chi connectivity index (χ3v) is 3.96. The van der Waals surface area contributed by atoms with Gasteiger partial charge in [-0.05, 0) is 34.8 Å². The number of anilines is 2. The van der Waals surface area contributed by atoms with Crippen molar-refractivity contribution in [2.45, 2.75) is 31.2 Å². The lowest BCUT2D eigenvalue weighted by Gasteiger charge is -2.30. The number of hydrogen-bond donors (Lipinski definition) is 3. The van der Waals surface area contributed by atoms with Gasteiger partial charge in [-0.1, -0.05) is 12.8 Å². The van der Waals surface area contributed by atoms with Crippen LogP contribution in [-0.2, 0) is 0 Å². The molecule has 1 aromatic rings. The summed E-state index contributed by atoms with van der Waals surface area (Å²) in [6, 6.07) is 2.91. The summed E-state index contributed by atoms with van der Waals surface area (Å²) in [5.41, 5.74) is 6.54. The van der Waals surface area contributed by atoms with Gasteiger partial charge >= 0.3 is 0 Å². The van der Waals surface area contributed by atoms with Crippen molar-refractivity contribution in [1.82, 2.24) is 0 Å². The maximum absolute atomic E-state index is 13.5. The molecule has 0 aliphatic heterocycles. The molecule has 0 saturated heterocycles. The van der Waals surface area contributed by atoms with Crippen LogP contribution in [0.2, 0.25) is 0 Å². The number of benzene rings is 1. The molecule has 1 fully saturated rings. The van der Waals surface area contributed by atoms with Gasteiger partial charge in [-0.25, -0.2) is 4.39 Å². The first-order chi connectivity index (χ1) is 8.06. The molecule has 0 atom stereocenters. The second kappa shape index (κ2) is 4.82. The Balaban J connectivity index is 2.26. The van der Waals surface area contributed by atoms with Crippen LogP contribution in [0.4, 0.5) is 15.8 Å². The van der Waals surface area contributed by atoms with E-state index in [0.717, 1.165) is 25.7 Å². The molecule has 94 valence electrons. The normalized spacial score (nSPS) is 18.3. The topological polar surface area (TPSA) is 58.3 Å². The van der Waals surface area contributed by atoms with Gasteiger partial charge in [-0.2, -0.15) is 0 Å². The Morgan fingerprint density at radius 3 is 2.65 bits per heavy atom. The van der Waals surface area contributed by atoms with E-state index in [0.29, 0.717) is 15.8 Å². The van der Waals surface area contributed by atoms with Gasteiger partial charge in [0, 0.05) is 6.07 Å². The van der Waals surface area contributed by atoms with E-state index in [1.165, 1.54) is 12.1 Å². The van der Waals surface area contributed by atoms with Crippen LogP contribution in [0.25, 0.3) is 0 Å². The number of nitrogen functional groups attached to an aromatic ring is 1. The second-order valence-electron chi connectivity index (χ2n) is 4.62. The summed E-state index contributed by atoms with van der Waals surface area (Å²) in [7, 11) is 0. The van der Waals surface area contributed by atoms with E-state index < -0.39 is 0 Å². The molecular formula is C12H16BrFN2O. The van der Waals surface area contributed by atoms with Gasteiger partial charge in [-0.3, -0.25) is 0 Å². The summed E-state index contributed by atoms with van der Waals surface area (Å²) in [4.78, 5) is 0. The van der Waals surface area contributed by atoms with Crippen LogP contribution >= 0.6 is 15.9 Å². The summed E-state index contributed by atoms with van der Waals surface area (Å²) in [5, 5.41) is 12.7. The zero-order valence-corrected chi connectivity index (χ0v) is 11.1. The van der Waals surface area contributed by atoms with Gasteiger partial charge in [0.1, 0.15) is 5.82 Å². The third kappa shape index (κ3) is 2.55. The quantitative estimate of drug-likeness (QED) is 0.753. The fourth-order valence-electron chi connectivity index (χ4n) is 2.33. The smallest absolute Gasteiger partial charge is 0.139 e. The van der Waals surface area contributed by atoms with E-state index in [2.05, 4.69) is 21.2 Å². The monoisotopic (exact) mass is 302 g/mol. The highest BCUT2D eigenvalue weighted by molar-refractivity contribution is 9.10. The van der Waals surface area contributed by atoms with E-state index in [4.69, 9.17) is 5.73 Å². The summed E-state index contributed by atoms with van der Waals surface area (Å²) in [5.74, 6) is -0.354. The number of aliphatic hydroxyl groups is 1. The zero-order chi connectivity index (χ0) is 12.5. The Hall–Kier alpha value is -0.810. The van der Waals surface area contributed by atoms with Crippen LogP contribution in [0.15, 0.2) is 16.6 Å². The van der Waals surface area contributed by atoms with Crippen molar-refractivity contribution in [3.05, 3.63) is 22.4 Å². The Morgan fingerprint density at radius 1 is 1.41 bits per heavy atom. The molecule has 4 N–H and O–H groups in total. The number of halogens is 2. The minimum Gasteiger partial charge on any atom is -0.397 e. The Kier molecular flexibility index (Phi) is 3.58. The lowest BCUT2D eigenvalue weighted by atomic mass is 9.98. The molecule has 5 heteroatoms. The highest BCUT2D eigenvalue weighted by atomic mass is 79.9. The number of nitrogens with one attached hydrogen (secondary N) is 1. The molecule has 0 aromatic heterocycles. The van der Waals surface area contributed by atoms with Crippen LogP contribution in [0.3, 0.4) is 0 Å². The predicted octanol–water partition coefficient (Wildman–Crippen LogP) is 2.89. The molecule has 1 aliphatic rings. The fourth-order valence-corrected chi connectivity index (χ4v) is 2.69. The van der Waals surface area contributed by atoms with Gasteiger partial charge in [0.2, 0.25) is 0 Å². The molecule has 1 saturated carbocycles. The number of aliphatic hydroxyl groups excluding tert-OH is 1. The largest absolute Gasteiger partial charge is 0.397 e. The molecule has 3 nitrogen and oxygen atoms in total. The summed E-state index contributed by atoms with van der Waals surface area (Å²) >= 11 is 3.09. The molecule has 0 radical (unpaired) electrons. The Labute approximate surface area is 108 Å². The molecule has 0 heterocycles. The SMILES string of the molecule is Nc1cc(Br)c(F)cc1NC1(CO)CCCC1. The van der Waals surface area contributed by atoms with Crippen LogP contribution < -0.4 is 11.1 Å². The molecule has 0 spiro atoms. The number of hydrogen-bond acceptors (Lipinski definition) is 3. The molecule has 17 heavy (non-hydrogen) atoms. The van der Waals surface area contributed by atoms with Crippen molar-refractivity contribution >= 4 is 27.3 Å². The first-order valence-corrected chi connectivity index (χ1v) is 6.49. The van der Waals surface area contributed by atoms with Crippen molar-refractivity contribution in [3.63, 3.8) is 0 Å². The minimum atomic E-state index is -0.354. The van der Waals surface area contributed by atoms with Gasteiger partial charge in [-0.15, -0.1) is 0 Å². The first kappa shape index (κ1) is 12.6. The maximum Gasteiger partial charge on any atom is 0.139 e. The predicted molar refractivity (Wildman–Crippen MR) is 70.4 cm³/mol. The highest BCUT2D eigenvalue weighted by Crippen LogP contribution is 2.35. The van der Waals surface area contributed by atoms with Gasteiger partial charge in [0.15, 0.2) is 0 Å². The van der Waals surface area contributed by atoms with Crippen molar-refractivity contribution in [1.29, 1.82) is 0 Å². The minimum absolute atomic E-state index is 0.0458. The van der Waals surface area contributed by atoms with E-state index >= 15 is 0 Å². The molecule has 1 aliphatic carbocycles. The number of nitrogens with two attached hydrogens (primary N) is 1. The Bertz CT molecular complexity index is 419. The molecule has 0 bridgehead atoms. The summed E-state index contributed by atoms with van der Waals surface area (Å²) in [6.45, 7) is 0.0458. The van der Waals surface area contributed by atoms with E-state index in [-0.39, 0.29) is 18.0 Å². The summed E-state index contributed by atoms with van der Waals surface area (Å²) < 4.78 is 13.8. The lowest BCUT2D eigenvalue weighted by Crippen LogP contribution is -2.39. The van der Waals surface area contributed by atoms with Crippen LogP contribution in [-0.4, -0.2) is 17.3 Å². The van der Waals surface area contributed by atoms with Crippen molar-refractivity contribution in [2.24, 2.45) is 0 Å². The first-order valence-electron chi connectivity index (χ1n) is 5.70. The molecule has 2 rings (SSSR count). The molecular weight excluding hydrogens is 287 g/mol. The maximum atomic E-state index is 13.5. The molecule has 1 aromatic carbocycles. The van der Waals surface area contributed by atoms with Crippen molar-refractivity contribution in [3.8, 4) is 0 Å². The van der Waals surface area contributed by atoms with E-state index in [9.17, 15) is 9.50 Å². The average molecular weight is 303 g/mol. The van der Waals surface area contributed by atoms with Crippen LogP contribution in [0.5, 0.6) is 0 Å². The fraction of sp³-hybridized carbons (Fsp3) is 0.500. The summed E-state index contributed by atoms with van der Waals surface area (Å²) in [6.07, 6.45) is 3.93. The van der Waals surface area contributed by atoms with Gasteiger partial charge in [0.05, 0.1) is 28.0 Å². The zero-order valence-electron chi connectivity index (χ0n) is 9.47. The van der Waals surface area contributed by atoms with Crippen LogP contribution in [0.1, 0.15) is 25.7 Å². The highest BCUT2D eigenvalue weighted by Gasteiger charge is 2.33.